The molecule has 0 aromatic heterocycles. The Morgan fingerprint density at radius 3 is 2.38 bits per heavy atom. The lowest BCUT2D eigenvalue weighted by Crippen LogP contribution is -2.36. The molecule has 1 aliphatic heterocycles. The predicted molar refractivity (Wildman–Crippen MR) is 56.7 cm³/mol. The first kappa shape index (κ1) is 10.8. The smallest absolute Gasteiger partial charge is 0.0808 e. The highest BCUT2D eigenvalue weighted by atomic mass is 16.5. The van der Waals surface area contributed by atoms with E-state index in [1.54, 1.807) is 0 Å². The quantitative estimate of drug-likeness (QED) is 0.565. The van der Waals surface area contributed by atoms with E-state index in [9.17, 15) is 0 Å². The van der Waals surface area contributed by atoms with Gasteiger partial charge < -0.3 is 4.74 Å². The Balaban J connectivity index is 2.62. The fourth-order valence-corrected chi connectivity index (χ4v) is 1.55. The topological polar surface area (TPSA) is 9.23 Å². The highest BCUT2D eigenvalue weighted by Crippen LogP contribution is 2.30. The van der Waals surface area contributed by atoms with Gasteiger partial charge in [0.2, 0.25) is 0 Å². The number of rotatable bonds is 1. The monoisotopic (exact) mass is 182 g/mol. The van der Waals surface area contributed by atoms with Crippen LogP contribution in [0, 0.1) is 11.3 Å². The van der Waals surface area contributed by atoms with Crippen LogP contribution in [0.3, 0.4) is 0 Å². The zero-order valence-electron chi connectivity index (χ0n) is 9.50. The second-order valence-corrected chi connectivity index (χ2v) is 5.37. The first-order valence-electron chi connectivity index (χ1n) is 5.23. The molecule has 0 bridgehead atoms. The average molecular weight is 182 g/mol. The van der Waals surface area contributed by atoms with Crippen molar-refractivity contribution in [3.8, 4) is 0 Å². The van der Waals surface area contributed by atoms with Crippen molar-refractivity contribution in [1.82, 2.24) is 0 Å². The third-order valence-corrected chi connectivity index (χ3v) is 2.60. The highest BCUT2D eigenvalue weighted by Gasteiger charge is 2.29. The van der Waals surface area contributed by atoms with Gasteiger partial charge in [-0.2, -0.15) is 0 Å². The molecule has 0 saturated carbocycles. The molecule has 1 nitrogen and oxygen atoms in total. The predicted octanol–water partition coefficient (Wildman–Crippen LogP) is 3.40. The van der Waals surface area contributed by atoms with E-state index in [2.05, 4.69) is 46.8 Å². The molecule has 0 aliphatic carbocycles. The molecule has 0 aromatic rings. The standard InChI is InChI=1S/C12H22O/c1-9(2)10-7-6-8-11(13-10)12(3,4)5/h6,8-11H,7H2,1-5H3/t10-,11-/m0/s1. The van der Waals surface area contributed by atoms with E-state index in [0.29, 0.717) is 12.0 Å². The van der Waals surface area contributed by atoms with E-state index < -0.39 is 0 Å². The molecule has 1 heteroatoms. The fourth-order valence-electron chi connectivity index (χ4n) is 1.55. The first-order valence-corrected chi connectivity index (χ1v) is 5.23. The van der Waals surface area contributed by atoms with E-state index in [1.807, 2.05) is 0 Å². The normalized spacial score (nSPS) is 29.7. The van der Waals surface area contributed by atoms with Gasteiger partial charge in [-0.25, -0.2) is 0 Å². The maximum atomic E-state index is 6.03. The minimum atomic E-state index is 0.226. The Morgan fingerprint density at radius 1 is 1.31 bits per heavy atom. The summed E-state index contributed by atoms with van der Waals surface area (Å²) in [7, 11) is 0. The minimum Gasteiger partial charge on any atom is -0.370 e. The summed E-state index contributed by atoms with van der Waals surface area (Å²) in [6.07, 6.45) is 6.25. The number of hydrogen-bond donors (Lipinski definition) is 0. The van der Waals surface area contributed by atoms with Crippen LogP contribution in [0.4, 0.5) is 0 Å². The van der Waals surface area contributed by atoms with Gasteiger partial charge in [0.05, 0.1) is 12.2 Å². The van der Waals surface area contributed by atoms with E-state index in [1.165, 1.54) is 0 Å². The van der Waals surface area contributed by atoms with Crippen molar-refractivity contribution >= 4 is 0 Å². The van der Waals surface area contributed by atoms with Crippen molar-refractivity contribution in [3.63, 3.8) is 0 Å². The third-order valence-electron chi connectivity index (χ3n) is 2.60. The largest absolute Gasteiger partial charge is 0.370 e. The second kappa shape index (κ2) is 3.83. The van der Waals surface area contributed by atoms with Crippen LogP contribution in [-0.2, 0) is 4.74 Å². The van der Waals surface area contributed by atoms with Gasteiger partial charge in [-0.1, -0.05) is 46.8 Å². The van der Waals surface area contributed by atoms with E-state index >= 15 is 0 Å². The van der Waals surface area contributed by atoms with Crippen LogP contribution in [0.25, 0.3) is 0 Å². The van der Waals surface area contributed by atoms with Crippen LogP contribution in [0.2, 0.25) is 0 Å². The Labute approximate surface area is 82.2 Å². The van der Waals surface area contributed by atoms with Gasteiger partial charge in [0.1, 0.15) is 0 Å². The zero-order chi connectivity index (χ0) is 10.1. The average Bonchev–Trinajstić information content (AvgIpc) is 2.03. The zero-order valence-corrected chi connectivity index (χ0v) is 9.50. The van der Waals surface area contributed by atoms with Crippen molar-refractivity contribution in [3.05, 3.63) is 12.2 Å². The lowest BCUT2D eigenvalue weighted by atomic mass is 9.86. The van der Waals surface area contributed by atoms with Crippen molar-refractivity contribution in [2.45, 2.75) is 53.2 Å². The summed E-state index contributed by atoms with van der Waals surface area (Å²) in [5, 5.41) is 0. The minimum absolute atomic E-state index is 0.226. The first-order chi connectivity index (χ1) is 5.91. The Hall–Kier alpha value is -0.300. The Morgan fingerprint density at radius 2 is 1.92 bits per heavy atom. The summed E-state index contributed by atoms with van der Waals surface area (Å²) in [6.45, 7) is 11.1. The summed E-state index contributed by atoms with van der Waals surface area (Å²) in [5.41, 5.74) is 0.226. The van der Waals surface area contributed by atoms with Gasteiger partial charge >= 0.3 is 0 Å². The van der Waals surface area contributed by atoms with Crippen LogP contribution in [0.15, 0.2) is 12.2 Å². The van der Waals surface area contributed by atoms with E-state index in [-0.39, 0.29) is 11.5 Å². The molecule has 76 valence electrons. The van der Waals surface area contributed by atoms with Gasteiger partial charge in [0, 0.05) is 0 Å². The van der Waals surface area contributed by atoms with Crippen LogP contribution in [0.5, 0.6) is 0 Å². The molecule has 0 radical (unpaired) electrons. The summed E-state index contributed by atoms with van der Waals surface area (Å²) in [5.74, 6) is 0.620. The number of ether oxygens (including phenoxy) is 1. The highest BCUT2D eigenvalue weighted by molar-refractivity contribution is 5.01. The molecule has 0 N–H and O–H groups in total. The van der Waals surface area contributed by atoms with Crippen LogP contribution in [-0.4, -0.2) is 12.2 Å². The van der Waals surface area contributed by atoms with Gasteiger partial charge in [-0.15, -0.1) is 0 Å². The van der Waals surface area contributed by atoms with Gasteiger partial charge in [0.25, 0.3) is 0 Å². The van der Waals surface area contributed by atoms with Crippen LogP contribution >= 0.6 is 0 Å². The summed E-state index contributed by atoms with van der Waals surface area (Å²) < 4.78 is 6.03. The SMILES string of the molecule is CC(C)[C@@H]1CC=C[C@@H](C(C)(C)C)O1. The van der Waals surface area contributed by atoms with Crippen LogP contribution < -0.4 is 0 Å². The van der Waals surface area contributed by atoms with Crippen LogP contribution in [0.1, 0.15) is 41.0 Å². The van der Waals surface area contributed by atoms with Crippen molar-refractivity contribution in [2.24, 2.45) is 11.3 Å². The second-order valence-electron chi connectivity index (χ2n) is 5.37. The maximum Gasteiger partial charge on any atom is 0.0808 e. The molecule has 0 fully saturated rings. The Bertz CT molecular complexity index is 186. The van der Waals surface area contributed by atoms with Crippen molar-refractivity contribution in [2.75, 3.05) is 0 Å². The molecule has 13 heavy (non-hydrogen) atoms. The summed E-state index contributed by atoms with van der Waals surface area (Å²) in [4.78, 5) is 0. The molecule has 1 heterocycles. The van der Waals surface area contributed by atoms with Crippen molar-refractivity contribution < 1.29 is 4.74 Å². The summed E-state index contributed by atoms with van der Waals surface area (Å²) >= 11 is 0. The van der Waals surface area contributed by atoms with Crippen molar-refractivity contribution in [1.29, 1.82) is 0 Å². The molecular formula is C12H22O. The van der Waals surface area contributed by atoms with E-state index in [4.69, 9.17) is 4.74 Å². The Kier molecular flexibility index (Phi) is 3.18. The third kappa shape index (κ3) is 2.84. The van der Waals surface area contributed by atoms with Gasteiger partial charge in [-0.05, 0) is 17.8 Å². The lowest BCUT2D eigenvalue weighted by molar-refractivity contribution is -0.0643. The molecule has 1 rings (SSSR count). The lowest BCUT2D eigenvalue weighted by Gasteiger charge is -2.36. The van der Waals surface area contributed by atoms with Gasteiger partial charge in [-0.3, -0.25) is 0 Å². The molecule has 0 unspecified atom stereocenters. The number of hydrogen-bond acceptors (Lipinski definition) is 1. The van der Waals surface area contributed by atoms with E-state index in [0.717, 1.165) is 6.42 Å². The fraction of sp³-hybridized carbons (Fsp3) is 0.833. The molecule has 0 amide bonds. The maximum absolute atomic E-state index is 6.03. The van der Waals surface area contributed by atoms with Gasteiger partial charge in [0.15, 0.2) is 0 Å². The molecule has 0 spiro atoms. The molecule has 1 aliphatic rings. The summed E-state index contributed by atoms with van der Waals surface area (Å²) in [6, 6.07) is 0. The molecular weight excluding hydrogens is 160 g/mol. The molecule has 2 atom stereocenters. The molecule has 0 saturated heterocycles. The molecule has 0 aromatic carbocycles.